The van der Waals surface area contributed by atoms with Crippen LogP contribution in [0.5, 0.6) is 0 Å². The lowest BCUT2D eigenvalue weighted by Crippen LogP contribution is -2.30. The Kier molecular flexibility index (Phi) is 68.7. The van der Waals surface area contributed by atoms with Gasteiger partial charge in [0.2, 0.25) is 0 Å². The number of unbranched alkanes of at least 4 members (excludes halogenated alkanes) is 43. The van der Waals surface area contributed by atoms with Crippen molar-refractivity contribution < 1.29 is 80.2 Å². The minimum Gasteiger partial charge on any atom is -0.462 e. The second-order valence-corrected chi connectivity index (χ2v) is 33.7. The van der Waals surface area contributed by atoms with Crippen molar-refractivity contribution >= 4 is 39.5 Å². The van der Waals surface area contributed by atoms with Gasteiger partial charge in [0.05, 0.1) is 26.4 Å². The maximum atomic E-state index is 13.1. The molecule has 0 radical (unpaired) electrons. The molecule has 0 rings (SSSR count). The van der Waals surface area contributed by atoms with Crippen LogP contribution in [-0.2, 0) is 65.4 Å². The Morgan fingerprint density at radius 1 is 0.280 bits per heavy atom. The summed E-state index contributed by atoms with van der Waals surface area (Å²) in [5.74, 6) is 0.983. The summed E-state index contributed by atoms with van der Waals surface area (Å²) in [7, 11) is -9.92. The molecule has 0 aliphatic carbocycles. The second kappa shape index (κ2) is 70.1. The van der Waals surface area contributed by atoms with E-state index in [1.165, 1.54) is 212 Å². The van der Waals surface area contributed by atoms with Gasteiger partial charge in [0.15, 0.2) is 12.2 Å². The molecule has 0 saturated carbocycles. The van der Waals surface area contributed by atoms with Gasteiger partial charge < -0.3 is 33.8 Å². The third kappa shape index (κ3) is 73.0. The summed E-state index contributed by atoms with van der Waals surface area (Å²) in [6, 6.07) is 0. The molecule has 0 heterocycles. The molecule has 594 valence electrons. The molecule has 0 aliphatic heterocycles. The number of phosphoric ester groups is 2. The number of esters is 4. The molecule has 3 N–H and O–H groups in total. The molecule has 0 bridgehead atoms. The van der Waals surface area contributed by atoms with E-state index < -0.39 is 97.5 Å². The number of hydrogen-bond donors (Lipinski definition) is 3. The Hall–Kier alpha value is -1.94. The number of phosphoric acid groups is 2. The minimum atomic E-state index is -4.96. The summed E-state index contributed by atoms with van der Waals surface area (Å²) >= 11 is 0. The second-order valence-electron chi connectivity index (χ2n) is 30.8. The molecule has 0 saturated heterocycles. The van der Waals surface area contributed by atoms with Crippen molar-refractivity contribution in [3.8, 4) is 0 Å². The van der Waals surface area contributed by atoms with E-state index in [4.69, 9.17) is 37.0 Å². The predicted octanol–water partition coefficient (Wildman–Crippen LogP) is 24.0. The number of ether oxygens (including phenoxy) is 4. The van der Waals surface area contributed by atoms with E-state index >= 15 is 0 Å². The van der Waals surface area contributed by atoms with Crippen LogP contribution in [-0.4, -0.2) is 96.7 Å². The van der Waals surface area contributed by atoms with Gasteiger partial charge in [-0.05, 0) is 49.4 Å². The zero-order valence-electron chi connectivity index (χ0n) is 65.8. The number of carbonyl (C=O) groups excluding carboxylic acids is 4. The molecule has 17 nitrogen and oxygen atoms in total. The normalized spacial score (nSPS) is 14.3. The number of rotatable bonds is 78. The topological polar surface area (TPSA) is 237 Å². The standard InChI is InChI=1S/C81H158O17P2/c1-9-74(8)60-52-44-39-40-46-54-62-79(84)92-68-77(98-81(86)64-56-48-38-32-26-20-23-29-35-43-51-59-73(6)7)70-96-100(89,90)94-66-75(82)65-93-99(87,88)95-69-76(67-91-78(83)61-53-45-36-30-24-19-18-22-28-34-42-50-58-72(4)5)97-80(85)63-55-47-37-31-25-17-15-13-11-10-12-14-16-21-27-33-41-49-57-71(2)3/h71-77,82H,9-70H2,1-8H3,(H,87,88)(H,89,90)/t74?,75-,76-,77-/m1/s1. The maximum Gasteiger partial charge on any atom is 0.472 e. The van der Waals surface area contributed by atoms with Crippen LogP contribution in [0.1, 0.15) is 415 Å². The first-order valence-electron chi connectivity index (χ1n) is 41.7. The molecule has 0 aliphatic rings. The van der Waals surface area contributed by atoms with Gasteiger partial charge >= 0.3 is 39.5 Å². The molecule has 6 atom stereocenters. The van der Waals surface area contributed by atoms with Gasteiger partial charge in [-0.25, -0.2) is 9.13 Å². The Labute approximate surface area is 613 Å². The molecule has 19 heteroatoms. The van der Waals surface area contributed by atoms with Crippen molar-refractivity contribution in [2.24, 2.45) is 23.7 Å². The monoisotopic (exact) mass is 1470 g/mol. The first-order chi connectivity index (χ1) is 48.1. The van der Waals surface area contributed by atoms with Crippen molar-refractivity contribution in [2.45, 2.75) is 433 Å². The fourth-order valence-electron chi connectivity index (χ4n) is 12.4. The number of aliphatic hydroxyl groups excluding tert-OH is 1. The highest BCUT2D eigenvalue weighted by Gasteiger charge is 2.30. The van der Waals surface area contributed by atoms with Gasteiger partial charge in [0.1, 0.15) is 19.3 Å². The summed E-state index contributed by atoms with van der Waals surface area (Å²) in [6.07, 6.45) is 57.0. The van der Waals surface area contributed by atoms with Crippen molar-refractivity contribution in [1.82, 2.24) is 0 Å². The van der Waals surface area contributed by atoms with E-state index in [-0.39, 0.29) is 25.7 Å². The van der Waals surface area contributed by atoms with Crippen LogP contribution in [0.2, 0.25) is 0 Å². The van der Waals surface area contributed by atoms with Gasteiger partial charge in [-0.15, -0.1) is 0 Å². The lowest BCUT2D eigenvalue weighted by molar-refractivity contribution is -0.161. The number of aliphatic hydroxyl groups is 1. The smallest absolute Gasteiger partial charge is 0.462 e. The fourth-order valence-corrected chi connectivity index (χ4v) is 14.0. The molecule has 0 aromatic carbocycles. The van der Waals surface area contributed by atoms with E-state index in [9.17, 15) is 43.2 Å². The Bertz CT molecular complexity index is 1960. The Morgan fingerprint density at radius 2 is 0.480 bits per heavy atom. The molecule has 0 spiro atoms. The van der Waals surface area contributed by atoms with Crippen molar-refractivity contribution in [3.05, 3.63) is 0 Å². The zero-order valence-corrected chi connectivity index (χ0v) is 67.6. The minimum absolute atomic E-state index is 0.105. The molecular formula is C81H158O17P2. The largest absolute Gasteiger partial charge is 0.472 e. The average Bonchev–Trinajstić information content (AvgIpc) is 1.08. The summed E-state index contributed by atoms with van der Waals surface area (Å²) < 4.78 is 68.7. The molecule has 0 aromatic heterocycles. The fraction of sp³-hybridized carbons (Fsp3) is 0.951. The highest BCUT2D eigenvalue weighted by molar-refractivity contribution is 7.47. The summed E-state index contributed by atoms with van der Waals surface area (Å²) in [5, 5.41) is 10.6. The van der Waals surface area contributed by atoms with E-state index in [0.717, 1.165) is 120 Å². The highest BCUT2D eigenvalue weighted by Crippen LogP contribution is 2.45. The first-order valence-corrected chi connectivity index (χ1v) is 44.7. The maximum absolute atomic E-state index is 13.1. The van der Waals surface area contributed by atoms with Crippen LogP contribution in [0.15, 0.2) is 0 Å². The molecule has 100 heavy (non-hydrogen) atoms. The van der Waals surface area contributed by atoms with Gasteiger partial charge in [0.25, 0.3) is 0 Å². The molecule has 0 fully saturated rings. The summed E-state index contributed by atoms with van der Waals surface area (Å²) in [4.78, 5) is 73.0. The van der Waals surface area contributed by atoms with Crippen LogP contribution >= 0.6 is 15.6 Å². The SMILES string of the molecule is CCC(C)CCCCCCCCC(=O)OC[C@H](COP(=O)(O)OC[C@H](O)COP(=O)(O)OC[C@@H](COC(=O)CCCCCCCCCCCCCCC(C)C)OC(=O)CCCCCCCCCCCCCCCCCCCCC(C)C)OC(=O)CCCCCCCCCCCCCC(C)C. The summed E-state index contributed by atoms with van der Waals surface area (Å²) in [6.45, 7) is 14.2. The predicted molar refractivity (Wildman–Crippen MR) is 409 cm³/mol. The van der Waals surface area contributed by atoms with Crippen LogP contribution in [0.4, 0.5) is 0 Å². The highest BCUT2D eigenvalue weighted by atomic mass is 31.2. The Morgan fingerprint density at radius 3 is 0.710 bits per heavy atom. The number of hydrogen-bond acceptors (Lipinski definition) is 15. The van der Waals surface area contributed by atoms with Gasteiger partial charge in [0, 0.05) is 25.7 Å². The quantitative estimate of drug-likeness (QED) is 0.0222. The van der Waals surface area contributed by atoms with Crippen LogP contribution in [0, 0.1) is 23.7 Å². The van der Waals surface area contributed by atoms with Crippen molar-refractivity contribution in [1.29, 1.82) is 0 Å². The molecular weight excluding hydrogens is 1310 g/mol. The van der Waals surface area contributed by atoms with Gasteiger partial charge in [-0.2, -0.15) is 0 Å². The molecule has 0 amide bonds. The van der Waals surface area contributed by atoms with Crippen molar-refractivity contribution in [2.75, 3.05) is 39.6 Å². The van der Waals surface area contributed by atoms with E-state index in [1.807, 2.05) is 0 Å². The lowest BCUT2D eigenvalue weighted by Gasteiger charge is -2.21. The number of carbonyl (C=O) groups is 4. The molecule has 3 unspecified atom stereocenters. The van der Waals surface area contributed by atoms with Crippen molar-refractivity contribution in [3.63, 3.8) is 0 Å². The van der Waals surface area contributed by atoms with E-state index in [1.54, 1.807) is 0 Å². The first kappa shape index (κ1) is 98.1. The van der Waals surface area contributed by atoms with Gasteiger partial charge in [-0.1, -0.05) is 364 Å². The third-order valence-corrected chi connectivity index (χ3v) is 21.1. The van der Waals surface area contributed by atoms with Crippen LogP contribution < -0.4 is 0 Å². The lowest BCUT2D eigenvalue weighted by atomic mass is 10.00. The summed E-state index contributed by atoms with van der Waals surface area (Å²) in [5.41, 5.74) is 0. The molecule has 0 aromatic rings. The Balaban J connectivity index is 5.23. The average molecular weight is 1470 g/mol. The van der Waals surface area contributed by atoms with Crippen LogP contribution in [0.25, 0.3) is 0 Å². The van der Waals surface area contributed by atoms with E-state index in [2.05, 4.69) is 55.4 Å². The van der Waals surface area contributed by atoms with Crippen LogP contribution in [0.3, 0.4) is 0 Å². The zero-order chi connectivity index (χ0) is 73.8. The van der Waals surface area contributed by atoms with E-state index in [0.29, 0.717) is 25.7 Å². The third-order valence-electron chi connectivity index (χ3n) is 19.2. The van der Waals surface area contributed by atoms with Gasteiger partial charge in [-0.3, -0.25) is 37.3 Å².